The van der Waals surface area contributed by atoms with Gasteiger partial charge in [-0.3, -0.25) is 14.7 Å². The molecule has 0 bridgehead atoms. The van der Waals surface area contributed by atoms with Gasteiger partial charge in [0.15, 0.2) is 11.5 Å². The zero-order valence-corrected chi connectivity index (χ0v) is 19.9. The summed E-state index contributed by atoms with van der Waals surface area (Å²) in [6.45, 7) is 0.445. The van der Waals surface area contributed by atoms with Crippen molar-refractivity contribution in [3.05, 3.63) is 29.8 Å². The molecule has 3 fully saturated rings. The smallest absolute Gasteiger partial charge is 0.274 e. The average Bonchev–Trinajstić information content (AvgIpc) is 3.27. The molecule has 2 aliphatic heterocycles. The number of nitrogens with two attached hydrogens (primary N) is 1. The number of amides is 2. The van der Waals surface area contributed by atoms with Crippen molar-refractivity contribution in [3.8, 4) is 17.1 Å². The molecule has 2 aromatic rings. The third-order valence-electron chi connectivity index (χ3n) is 8.01. The summed E-state index contributed by atoms with van der Waals surface area (Å²) >= 11 is 0. The first-order valence-electron chi connectivity index (χ1n) is 12.1. The lowest BCUT2D eigenvalue weighted by atomic mass is 9.83. The topological polar surface area (TPSA) is 126 Å². The molecular formula is C24H29F3N6O3. The summed E-state index contributed by atoms with van der Waals surface area (Å²) in [6.07, 6.45) is 2.94. The molecule has 2 amide bonds. The fraction of sp³-hybridized carbons (Fsp3) is 0.583. The second-order valence-electron chi connectivity index (χ2n) is 10.1. The first-order chi connectivity index (χ1) is 17.1. The van der Waals surface area contributed by atoms with Crippen molar-refractivity contribution in [2.24, 2.45) is 23.5 Å². The van der Waals surface area contributed by atoms with Crippen molar-refractivity contribution >= 4 is 11.8 Å². The zero-order valence-electron chi connectivity index (χ0n) is 19.9. The van der Waals surface area contributed by atoms with E-state index < -0.39 is 35.0 Å². The quantitative estimate of drug-likeness (QED) is 0.552. The van der Waals surface area contributed by atoms with Crippen LogP contribution in [0, 0.1) is 23.6 Å². The highest BCUT2D eigenvalue weighted by atomic mass is 19.3. The average molecular weight is 507 g/mol. The number of rotatable bonds is 6. The molecule has 1 spiro atoms. The van der Waals surface area contributed by atoms with Gasteiger partial charge in [0.05, 0.1) is 25.5 Å². The SMILES string of the molecule is COc1cc(-c2cc(C(=O)N3CCC(C(N)=O)CC34CC4C[C@H]3CCNCC3(F)F)n[nH]2)c(F)cn1. The van der Waals surface area contributed by atoms with Crippen LogP contribution in [-0.2, 0) is 4.79 Å². The van der Waals surface area contributed by atoms with Gasteiger partial charge in [-0.1, -0.05) is 0 Å². The van der Waals surface area contributed by atoms with Crippen LogP contribution in [0.25, 0.3) is 11.3 Å². The Morgan fingerprint density at radius 2 is 2.06 bits per heavy atom. The molecule has 4 atom stereocenters. The van der Waals surface area contributed by atoms with Crippen LogP contribution >= 0.6 is 0 Å². The highest BCUT2D eigenvalue weighted by Crippen LogP contribution is 2.59. The van der Waals surface area contributed by atoms with E-state index in [-0.39, 0.29) is 54.2 Å². The molecule has 0 aromatic carbocycles. The molecule has 194 valence electrons. The van der Waals surface area contributed by atoms with Gasteiger partial charge in [-0.25, -0.2) is 18.2 Å². The number of aromatic nitrogens is 3. The van der Waals surface area contributed by atoms with Crippen LogP contribution in [0.4, 0.5) is 13.2 Å². The van der Waals surface area contributed by atoms with Crippen molar-refractivity contribution in [3.63, 3.8) is 0 Å². The minimum atomic E-state index is -2.82. The number of primary amides is 1. The van der Waals surface area contributed by atoms with E-state index in [1.165, 1.54) is 19.2 Å². The Kier molecular flexibility index (Phi) is 6.17. The van der Waals surface area contributed by atoms with Crippen molar-refractivity contribution in [2.45, 2.75) is 43.6 Å². The summed E-state index contributed by atoms with van der Waals surface area (Å²) in [5, 5.41) is 9.55. The molecule has 2 aromatic heterocycles. The minimum Gasteiger partial charge on any atom is -0.481 e. The molecule has 1 aliphatic carbocycles. The number of methoxy groups -OCH3 is 1. The number of carbonyl (C=O) groups excluding carboxylic acids is 2. The predicted molar refractivity (Wildman–Crippen MR) is 123 cm³/mol. The van der Waals surface area contributed by atoms with Gasteiger partial charge < -0.3 is 20.7 Å². The number of nitrogens with zero attached hydrogens (tertiary/aromatic N) is 3. The van der Waals surface area contributed by atoms with E-state index >= 15 is 0 Å². The van der Waals surface area contributed by atoms with Crippen LogP contribution in [-0.4, -0.2) is 70.1 Å². The van der Waals surface area contributed by atoms with E-state index in [0.717, 1.165) is 6.20 Å². The number of carbonyl (C=O) groups is 2. The Morgan fingerprint density at radius 3 is 2.78 bits per heavy atom. The van der Waals surface area contributed by atoms with Crippen LogP contribution in [0.1, 0.15) is 42.6 Å². The molecule has 36 heavy (non-hydrogen) atoms. The first-order valence-corrected chi connectivity index (χ1v) is 12.1. The lowest BCUT2D eigenvalue weighted by Gasteiger charge is -2.41. The fourth-order valence-electron chi connectivity index (χ4n) is 5.91. The molecule has 4 heterocycles. The summed E-state index contributed by atoms with van der Waals surface area (Å²) in [5.41, 5.74) is 5.38. The van der Waals surface area contributed by atoms with Crippen LogP contribution < -0.4 is 15.8 Å². The molecule has 4 N–H and O–H groups in total. The third kappa shape index (κ3) is 4.31. The van der Waals surface area contributed by atoms with E-state index in [4.69, 9.17) is 10.5 Å². The number of hydrogen-bond donors (Lipinski definition) is 3. The third-order valence-corrected chi connectivity index (χ3v) is 8.01. The Hall–Kier alpha value is -3.15. The van der Waals surface area contributed by atoms with Gasteiger partial charge in [0.25, 0.3) is 11.8 Å². The number of likely N-dealkylation sites (tertiary alicyclic amines) is 1. The Bertz CT molecular complexity index is 1170. The highest BCUT2D eigenvalue weighted by molar-refractivity contribution is 5.94. The summed E-state index contributed by atoms with van der Waals surface area (Å²) < 4.78 is 48.5. The molecule has 2 saturated heterocycles. The van der Waals surface area contributed by atoms with E-state index in [1.807, 2.05) is 0 Å². The van der Waals surface area contributed by atoms with E-state index in [1.54, 1.807) is 4.90 Å². The number of aromatic amines is 1. The monoisotopic (exact) mass is 506 g/mol. The zero-order chi connectivity index (χ0) is 25.7. The number of piperidine rings is 2. The maximum atomic E-state index is 14.5. The van der Waals surface area contributed by atoms with Crippen LogP contribution in [0.2, 0.25) is 0 Å². The summed E-state index contributed by atoms with van der Waals surface area (Å²) in [7, 11) is 1.41. The number of pyridine rings is 1. The van der Waals surface area contributed by atoms with Gasteiger partial charge in [0.2, 0.25) is 11.8 Å². The van der Waals surface area contributed by atoms with Gasteiger partial charge in [0, 0.05) is 35.5 Å². The second kappa shape index (κ2) is 9.06. The van der Waals surface area contributed by atoms with Gasteiger partial charge in [-0.15, -0.1) is 0 Å². The first kappa shape index (κ1) is 24.5. The number of ether oxygens (including phenoxy) is 1. The van der Waals surface area contributed by atoms with Gasteiger partial charge in [-0.05, 0) is 50.6 Å². The summed E-state index contributed by atoms with van der Waals surface area (Å²) in [6, 6.07) is 2.85. The maximum Gasteiger partial charge on any atom is 0.274 e. The number of hydrogen-bond acceptors (Lipinski definition) is 6. The van der Waals surface area contributed by atoms with Crippen LogP contribution in [0.3, 0.4) is 0 Å². The normalized spacial score (nSPS) is 29.2. The van der Waals surface area contributed by atoms with E-state index in [9.17, 15) is 22.8 Å². The van der Waals surface area contributed by atoms with Crippen LogP contribution in [0.5, 0.6) is 5.88 Å². The second-order valence-corrected chi connectivity index (χ2v) is 10.1. The Morgan fingerprint density at radius 1 is 1.25 bits per heavy atom. The molecule has 3 aliphatic rings. The molecule has 3 unspecified atom stereocenters. The molecular weight excluding hydrogens is 477 g/mol. The molecule has 9 nitrogen and oxygen atoms in total. The van der Waals surface area contributed by atoms with Crippen molar-refractivity contribution in [1.82, 2.24) is 25.4 Å². The number of halogens is 3. The number of alkyl halides is 2. The lowest BCUT2D eigenvalue weighted by Crippen LogP contribution is -2.52. The Balaban J connectivity index is 1.39. The van der Waals surface area contributed by atoms with Gasteiger partial charge >= 0.3 is 0 Å². The molecule has 5 rings (SSSR count). The fourth-order valence-corrected chi connectivity index (χ4v) is 5.91. The minimum absolute atomic E-state index is 0.0786. The standard InChI is InChI=1S/C24H29F3N6O3/c1-36-20-7-16(17(25)11-30-20)18-8-19(32-31-18)22(35)33-5-3-13(21(28)34)9-23(33)10-15(23)6-14-2-4-29-12-24(14,26)27/h7-8,11,13-15,29H,2-6,9-10,12H2,1H3,(H2,28,34)(H,31,32)/t13?,14-,15?,23?/m1/s1. The molecule has 1 saturated carbocycles. The number of nitrogens with one attached hydrogen (secondary N) is 2. The van der Waals surface area contributed by atoms with Gasteiger partial charge in [-0.2, -0.15) is 5.10 Å². The Labute approximate surface area is 206 Å². The summed E-state index contributed by atoms with van der Waals surface area (Å²) in [4.78, 5) is 31.0. The van der Waals surface area contributed by atoms with Gasteiger partial charge in [0.1, 0.15) is 0 Å². The number of H-pyrrole nitrogens is 1. The highest BCUT2D eigenvalue weighted by Gasteiger charge is 2.63. The largest absolute Gasteiger partial charge is 0.481 e. The van der Waals surface area contributed by atoms with E-state index in [2.05, 4.69) is 20.5 Å². The maximum absolute atomic E-state index is 14.5. The molecule has 0 radical (unpaired) electrons. The lowest BCUT2D eigenvalue weighted by molar-refractivity contribution is -0.124. The van der Waals surface area contributed by atoms with Crippen molar-refractivity contribution in [1.29, 1.82) is 0 Å². The van der Waals surface area contributed by atoms with E-state index in [0.29, 0.717) is 32.2 Å². The van der Waals surface area contributed by atoms with Crippen LogP contribution in [0.15, 0.2) is 18.3 Å². The molecule has 12 heteroatoms. The summed E-state index contributed by atoms with van der Waals surface area (Å²) in [5.74, 6) is -5.40. The van der Waals surface area contributed by atoms with Crippen molar-refractivity contribution < 1.29 is 27.5 Å². The predicted octanol–water partition coefficient (Wildman–Crippen LogP) is 2.35. The van der Waals surface area contributed by atoms with Crippen molar-refractivity contribution in [2.75, 3.05) is 26.7 Å².